The van der Waals surface area contributed by atoms with Crippen LogP contribution in [-0.4, -0.2) is 76.9 Å². The van der Waals surface area contributed by atoms with E-state index in [0.717, 1.165) is 38.7 Å². The van der Waals surface area contributed by atoms with Crippen molar-refractivity contribution in [2.45, 2.75) is 12.8 Å². The minimum Gasteiger partial charge on any atom is -0.383 e. The van der Waals surface area contributed by atoms with Gasteiger partial charge in [-0.25, -0.2) is 0 Å². The fraction of sp³-hybridized carbons (Fsp3) is 0.923. The molecule has 0 aromatic rings. The largest absolute Gasteiger partial charge is 0.383 e. The van der Waals surface area contributed by atoms with Crippen molar-refractivity contribution >= 4 is 17.7 Å². The number of nitrogens with zero attached hydrogens (tertiary/aromatic N) is 2. The SMILES string of the molecule is CN=C(NCCCCSC)NCCN(C)CCOC. The summed E-state index contributed by atoms with van der Waals surface area (Å²) >= 11 is 1.90. The molecule has 0 atom stereocenters. The van der Waals surface area contributed by atoms with E-state index < -0.39 is 0 Å². The maximum absolute atomic E-state index is 5.05. The summed E-state index contributed by atoms with van der Waals surface area (Å²) in [4.78, 5) is 6.45. The van der Waals surface area contributed by atoms with E-state index in [0.29, 0.717) is 0 Å². The Labute approximate surface area is 122 Å². The molecular weight excluding hydrogens is 260 g/mol. The average molecular weight is 290 g/mol. The fourth-order valence-corrected chi connectivity index (χ4v) is 2.02. The Bertz CT molecular complexity index is 227. The second-order valence-electron chi connectivity index (χ2n) is 4.42. The highest BCUT2D eigenvalue weighted by molar-refractivity contribution is 7.98. The van der Waals surface area contributed by atoms with Crippen molar-refractivity contribution in [3.8, 4) is 0 Å². The molecule has 2 N–H and O–H groups in total. The summed E-state index contributed by atoms with van der Waals surface area (Å²) in [7, 11) is 5.64. The van der Waals surface area contributed by atoms with E-state index in [-0.39, 0.29) is 0 Å². The molecule has 0 aliphatic heterocycles. The first-order valence-corrected chi connectivity index (χ1v) is 8.25. The van der Waals surface area contributed by atoms with Gasteiger partial charge in [-0.05, 0) is 31.9 Å². The molecule has 0 aliphatic rings. The van der Waals surface area contributed by atoms with Gasteiger partial charge in [-0.2, -0.15) is 11.8 Å². The van der Waals surface area contributed by atoms with Gasteiger partial charge in [-0.1, -0.05) is 0 Å². The molecular formula is C13H30N4OS. The maximum atomic E-state index is 5.05. The van der Waals surface area contributed by atoms with Crippen LogP contribution in [0.4, 0.5) is 0 Å². The number of ether oxygens (including phenoxy) is 1. The summed E-state index contributed by atoms with van der Waals surface area (Å²) in [5.74, 6) is 2.13. The van der Waals surface area contributed by atoms with Crippen molar-refractivity contribution in [1.29, 1.82) is 0 Å². The molecule has 0 spiro atoms. The van der Waals surface area contributed by atoms with E-state index >= 15 is 0 Å². The molecule has 0 radical (unpaired) electrons. The van der Waals surface area contributed by atoms with Gasteiger partial charge in [0, 0.05) is 40.3 Å². The highest BCUT2D eigenvalue weighted by atomic mass is 32.2. The Hall–Kier alpha value is -0.460. The first kappa shape index (κ1) is 18.5. The zero-order valence-electron chi connectivity index (χ0n) is 12.9. The number of guanidine groups is 1. The van der Waals surface area contributed by atoms with Gasteiger partial charge in [0.15, 0.2) is 5.96 Å². The lowest BCUT2D eigenvalue weighted by Crippen LogP contribution is -2.41. The number of likely N-dealkylation sites (N-methyl/N-ethyl adjacent to an activating group) is 1. The van der Waals surface area contributed by atoms with Crippen LogP contribution in [0.2, 0.25) is 0 Å². The minimum atomic E-state index is 0.777. The average Bonchev–Trinajstić information content (AvgIpc) is 2.42. The van der Waals surface area contributed by atoms with Crippen molar-refractivity contribution in [2.75, 3.05) is 66.0 Å². The summed E-state index contributed by atoms with van der Waals surface area (Å²) in [5, 5.41) is 6.65. The highest BCUT2D eigenvalue weighted by Gasteiger charge is 1.99. The van der Waals surface area contributed by atoms with Crippen molar-refractivity contribution < 1.29 is 4.74 Å². The third-order valence-corrected chi connectivity index (χ3v) is 3.45. The number of hydrogen-bond donors (Lipinski definition) is 2. The molecule has 0 bridgehead atoms. The Morgan fingerprint density at radius 2 is 1.95 bits per heavy atom. The second kappa shape index (κ2) is 14.0. The third-order valence-electron chi connectivity index (χ3n) is 2.75. The molecule has 0 saturated heterocycles. The smallest absolute Gasteiger partial charge is 0.191 e. The topological polar surface area (TPSA) is 48.9 Å². The predicted octanol–water partition coefficient (Wildman–Crippen LogP) is 0.873. The number of hydrogen-bond acceptors (Lipinski definition) is 4. The van der Waals surface area contributed by atoms with E-state index in [4.69, 9.17) is 4.74 Å². The van der Waals surface area contributed by atoms with Crippen LogP contribution in [0.25, 0.3) is 0 Å². The molecule has 6 heteroatoms. The lowest BCUT2D eigenvalue weighted by molar-refractivity contribution is 0.162. The van der Waals surface area contributed by atoms with Crippen molar-refractivity contribution in [2.24, 2.45) is 4.99 Å². The minimum absolute atomic E-state index is 0.777. The second-order valence-corrected chi connectivity index (χ2v) is 5.41. The summed E-state index contributed by atoms with van der Waals surface area (Å²) in [5.41, 5.74) is 0. The van der Waals surface area contributed by atoms with Gasteiger partial charge < -0.3 is 20.3 Å². The van der Waals surface area contributed by atoms with Gasteiger partial charge in [0.1, 0.15) is 0 Å². The number of methoxy groups -OCH3 is 1. The zero-order chi connectivity index (χ0) is 14.3. The number of nitrogens with one attached hydrogen (secondary N) is 2. The van der Waals surface area contributed by atoms with Crippen LogP contribution in [0.5, 0.6) is 0 Å². The van der Waals surface area contributed by atoms with E-state index in [1.165, 1.54) is 18.6 Å². The van der Waals surface area contributed by atoms with Crippen LogP contribution < -0.4 is 10.6 Å². The molecule has 0 aliphatic carbocycles. The predicted molar refractivity (Wildman–Crippen MR) is 86.4 cm³/mol. The third kappa shape index (κ3) is 12.3. The number of thioether (sulfide) groups is 1. The summed E-state index contributed by atoms with van der Waals surface area (Å²) in [6, 6.07) is 0. The van der Waals surface area contributed by atoms with Crippen LogP contribution in [0, 0.1) is 0 Å². The van der Waals surface area contributed by atoms with Gasteiger partial charge in [0.05, 0.1) is 6.61 Å². The number of rotatable bonds is 11. The first-order chi connectivity index (χ1) is 9.24. The quantitative estimate of drug-likeness (QED) is 0.336. The molecule has 19 heavy (non-hydrogen) atoms. The van der Waals surface area contributed by atoms with Gasteiger partial charge in [-0.15, -0.1) is 0 Å². The van der Waals surface area contributed by atoms with Gasteiger partial charge >= 0.3 is 0 Å². The Morgan fingerprint density at radius 1 is 1.21 bits per heavy atom. The lowest BCUT2D eigenvalue weighted by atomic mass is 10.3. The van der Waals surface area contributed by atoms with Gasteiger partial charge in [0.2, 0.25) is 0 Å². The molecule has 0 heterocycles. The first-order valence-electron chi connectivity index (χ1n) is 6.85. The van der Waals surface area contributed by atoms with Gasteiger partial charge in [-0.3, -0.25) is 4.99 Å². The molecule has 0 unspecified atom stereocenters. The Morgan fingerprint density at radius 3 is 2.58 bits per heavy atom. The number of aliphatic imine (C=N–C) groups is 1. The molecule has 0 amide bonds. The highest BCUT2D eigenvalue weighted by Crippen LogP contribution is 1.97. The molecule has 5 nitrogen and oxygen atoms in total. The summed E-state index contributed by atoms with van der Waals surface area (Å²) < 4.78 is 5.05. The molecule has 0 fully saturated rings. The van der Waals surface area contributed by atoms with E-state index in [2.05, 4.69) is 33.8 Å². The molecule has 114 valence electrons. The van der Waals surface area contributed by atoms with Crippen molar-refractivity contribution in [1.82, 2.24) is 15.5 Å². The van der Waals surface area contributed by atoms with E-state index in [9.17, 15) is 0 Å². The Balaban J connectivity index is 3.54. The Kier molecular flexibility index (Phi) is 13.6. The summed E-state index contributed by atoms with van der Waals surface area (Å²) in [6.45, 7) is 4.60. The van der Waals surface area contributed by atoms with Crippen LogP contribution in [0.3, 0.4) is 0 Å². The lowest BCUT2D eigenvalue weighted by Gasteiger charge is -2.17. The fourth-order valence-electron chi connectivity index (χ4n) is 1.52. The molecule has 0 aromatic heterocycles. The van der Waals surface area contributed by atoms with Crippen LogP contribution >= 0.6 is 11.8 Å². The monoisotopic (exact) mass is 290 g/mol. The van der Waals surface area contributed by atoms with Crippen molar-refractivity contribution in [3.63, 3.8) is 0 Å². The normalized spacial score (nSPS) is 11.9. The van der Waals surface area contributed by atoms with Gasteiger partial charge in [0.25, 0.3) is 0 Å². The van der Waals surface area contributed by atoms with Crippen molar-refractivity contribution in [3.05, 3.63) is 0 Å². The van der Waals surface area contributed by atoms with Crippen LogP contribution in [0.1, 0.15) is 12.8 Å². The molecule has 0 saturated carbocycles. The zero-order valence-corrected chi connectivity index (χ0v) is 13.7. The molecule has 0 rings (SSSR count). The van der Waals surface area contributed by atoms with E-state index in [1.807, 2.05) is 18.8 Å². The molecule has 0 aromatic carbocycles. The van der Waals surface area contributed by atoms with Crippen LogP contribution in [-0.2, 0) is 4.74 Å². The summed E-state index contributed by atoms with van der Waals surface area (Å²) in [6.07, 6.45) is 4.59. The maximum Gasteiger partial charge on any atom is 0.191 e. The van der Waals surface area contributed by atoms with Crippen LogP contribution in [0.15, 0.2) is 4.99 Å². The number of unbranched alkanes of at least 4 members (excludes halogenated alkanes) is 1. The van der Waals surface area contributed by atoms with E-state index in [1.54, 1.807) is 7.11 Å². The standard InChI is InChI=1S/C13H30N4OS/c1-14-13(15-7-5-6-12-19-4)16-8-9-17(2)10-11-18-3/h5-12H2,1-4H3,(H2,14,15,16).